The molecule has 0 aliphatic rings. The van der Waals surface area contributed by atoms with Crippen molar-refractivity contribution >= 4 is 22.2 Å². The van der Waals surface area contributed by atoms with E-state index in [0.29, 0.717) is 5.92 Å². The molecule has 13 heavy (non-hydrogen) atoms. The molecule has 1 nitrogen and oxygen atoms in total. The van der Waals surface area contributed by atoms with Gasteiger partial charge in [0, 0.05) is 10.0 Å². The summed E-state index contributed by atoms with van der Waals surface area (Å²) in [5.41, 5.74) is 3.06. The zero-order valence-corrected chi connectivity index (χ0v) is 9.68. The van der Waals surface area contributed by atoms with Crippen LogP contribution < -0.4 is 0 Å². The highest BCUT2D eigenvalue weighted by molar-refractivity contribution is 9.10. The predicted octanol–water partition coefficient (Wildman–Crippen LogP) is 3.69. The Balaban J connectivity index is 3.28. The van der Waals surface area contributed by atoms with Gasteiger partial charge in [0.05, 0.1) is 0 Å². The van der Waals surface area contributed by atoms with Crippen LogP contribution >= 0.6 is 15.9 Å². The predicted molar refractivity (Wildman–Crippen MR) is 58.4 cm³/mol. The van der Waals surface area contributed by atoms with Crippen molar-refractivity contribution in [3.63, 3.8) is 0 Å². The fraction of sp³-hybridized carbons (Fsp3) is 0.364. The summed E-state index contributed by atoms with van der Waals surface area (Å²) in [6, 6.07) is 3.95. The number of benzene rings is 1. The first-order valence-corrected chi connectivity index (χ1v) is 5.10. The van der Waals surface area contributed by atoms with Crippen molar-refractivity contribution in [1.82, 2.24) is 0 Å². The van der Waals surface area contributed by atoms with Crippen LogP contribution in [0.25, 0.3) is 0 Å². The Morgan fingerprint density at radius 1 is 1.38 bits per heavy atom. The number of aldehydes is 1. The van der Waals surface area contributed by atoms with Gasteiger partial charge in [-0.25, -0.2) is 0 Å². The molecule has 0 aliphatic carbocycles. The number of rotatable bonds is 2. The molecule has 0 spiro atoms. The third-order valence-electron chi connectivity index (χ3n) is 2.13. The van der Waals surface area contributed by atoms with E-state index >= 15 is 0 Å². The molecule has 0 bridgehead atoms. The molecule has 0 heterocycles. The highest BCUT2D eigenvalue weighted by Crippen LogP contribution is 2.27. The topological polar surface area (TPSA) is 17.1 Å². The van der Waals surface area contributed by atoms with Crippen molar-refractivity contribution in [3.8, 4) is 0 Å². The fourth-order valence-electron chi connectivity index (χ4n) is 1.29. The van der Waals surface area contributed by atoms with E-state index in [2.05, 4.69) is 35.8 Å². The quantitative estimate of drug-likeness (QED) is 0.721. The third-order valence-corrected chi connectivity index (χ3v) is 2.82. The van der Waals surface area contributed by atoms with Crippen LogP contribution in [0, 0.1) is 6.92 Å². The van der Waals surface area contributed by atoms with E-state index in [1.807, 2.05) is 13.0 Å². The molecule has 0 aromatic heterocycles. The Kier molecular flexibility index (Phi) is 3.26. The van der Waals surface area contributed by atoms with Crippen LogP contribution in [0.4, 0.5) is 0 Å². The minimum absolute atomic E-state index is 0.480. The van der Waals surface area contributed by atoms with Gasteiger partial charge in [-0.2, -0.15) is 0 Å². The van der Waals surface area contributed by atoms with E-state index in [9.17, 15) is 4.79 Å². The first-order valence-electron chi connectivity index (χ1n) is 4.31. The molecule has 0 fully saturated rings. The van der Waals surface area contributed by atoms with Gasteiger partial charge in [-0.05, 0) is 30.0 Å². The molecule has 2 heteroatoms. The van der Waals surface area contributed by atoms with E-state index < -0.39 is 0 Å². The number of carbonyl (C=O) groups is 1. The maximum Gasteiger partial charge on any atom is 0.150 e. The molecule has 70 valence electrons. The van der Waals surface area contributed by atoms with E-state index in [0.717, 1.165) is 21.9 Å². The maximum atomic E-state index is 10.6. The van der Waals surface area contributed by atoms with Gasteiger partial charge in [-0.15, -0.1) is 0 Å². The van der Waals surface area contributed by atoms with Gasteiger partial charge >= 0.3 is 0 Å². The van der Waals surface area contributed by atoms with E-state index in [4.69, 9.17) is 0 Å². The van der Waals surface area contributed by atoms with Crippen molar-refractivity contribution in [2.75, 3.05) is 0 Å². The molecule has 0 unspecified atom stereocenters. The number of hydrogen-bond acceptors (Lipinski definition) is 1. The van der Waals surface area contributed by atoms with Gasteiger partial charge in [-0.1, -0.05) is 35.8 Å². The lowest BCUT2D eigenvalue weighted by Gasteiger charge is -2.10. The van der Waals surface area contributed by atoms with Crippen molar-refractivity contribution in [3.05, 3.63) is 33.3 Å². The lowest BCUT2D eigenvalue weighted by molar-refractivity contribution is 0.112. The molecule has 0 saturated heterocycles. The SMILES string of the molecule is Cc1cc(C(C)C)c(Br)cc1C=O. The average molecular weight is 241 g/mol. The van der Waals surface area contributed by atoms with E-state index in [1.54, 1.807) is 0 Å². The molecule has 0 radical (unpaired) electrons. The summed E-state index contributed by atoms with van der Waals surface area (Å²) in [7, 11) is 0. The summed E-state index contributed by atoms with van der Waals surface area (Å²) < 4.78 is 1.02. The van der Waals surface area contributed by atoms with Crippen molar-refractivity contribution < 1.29 is 4.79 Å². The van der Waals surface area contributed by atoms with Gasteiger partial charge in [0.1, 0.15) is 6.29 Å². The largest absolute Gasteiger partial charge is 0.298 e. The first-order chi connectivity index (χ1) is 6.06. The minimum Gasteiger partial charge on any atom is -0.298 e. The van der Waals surface area contributed by atoms with Gasteiger partial charge in [0.2, 0.25) is 0 Å². The molecule has 0 N–H and O–H groups in total. The lowest BCUT2D eigenvalue weighted by Crippen LogP contribution is -1.94. The molecule has 0 amide bonds. The number of carbonyl (C=O) groups excluding carboxylic acids is 1. The first kappa shape index (κ1) is 10.5. The Bertz CT molecular complexity index is 329. The Hall–Kier alpha value is -0.630. The summed E-state index contributed by atoms with van der Waals surface area (Å²) in [4.78, 5) is 10.6. The molecular formula is C11H13BrO. The van der Waals surface area contributed by atoms with Crippen LogP contribution in [0.15, 0.2) is 16.6 Å². The van der Waals surface area contributed by atoms with Crippen LogP contribution in [0.2, 0.25) is 0 Å². The average Bonchev–Trinajstić information content (AvgIpc) is 2.07. The summed E-state index contributed by atoms with van der Waals surface area (Å²) >= 11 is 3.46. The molecule has 1 aromatic rings. The number of halogens is 1. The number of hydrogen-bond donors (Lipinski definition) is 0. The molecule has 0 saturated carbocycles. The van der Waals surface area contributed by atoms with Crippen LogP contribution in [0.1, 0.15) is 41.3 Å². The second-order valence-electron chi connectivity index (χ2n) is 3.50. The molecule has 1 aromatic carbocycles. The van der Waals surface area contributed by atoms with Gasteiger partial charge < -0.3 is 0 Å². The second kappa shape index (κ2) is 4.05. The summed E-state index contributed by atoms with van der Waals surface area (Å²) in [6.45, 7) is 6.24. The zero-order chi connectivity index (χ0) is 10.0. The fourth-order valence-corrected chi connectivity index (χ4v) is 2.11. The highest BCUT2D eigenvalue weighted by Gasteiger charge is 2.07. The Morgan fingerprint density at radius 3 is 2.46 bits per heavy atom. The highest BCUT2D eigenvalue weighted by atomic mass is 79.9. The molecule has 0 atom stereocenters. The van der Waals surface area contributed by atoms with Gasteiger partial charge in [0.15, 0.2) is 0 Å². The number of aryl methyl sites for hydroxylation is 1. The van der Waals surface area contributed by atoms with Gasteiger partial charge in [0.25, 0.3) is 0 Å². The van der Waals surface area contributed by atoms with Crippen LogP contribution in [-0.4, -0.2) is 6.29 Å². The van der Waals surface area contributed by atoms with Crippen molar-refractivity contribution in [2.45, 2.75) is 26.7 Å². The third kappa shape index (κ3) is 2.19. The minimum atomic E-state index is 0.480. The Labute approximate surface area is 87.3 Å². The maximum absolute atomic E-state index is 10.6. The van der Waals surface area contributed by atoms with Crippen LogP contribution in [0.3, 0.4) is 0 Å². The zero-order valence-electron chi connectivity index (χ0n) is 8.10. The van der Waals surface area contributed by atoms with Crippen LogP contribution in [0.5, 0.6) is 0 Å². The molecule has 0 aliphatic heterocycles. The molecule has 1 rings (SSSR count). The normalized spacial score (nSPS) is 10.5. The Morgan fingerprint density at radius 2 is 2.00 bits per heavy atom. The summed E-state index contributed by atoms with van der Waals surface area (Å²) in [6.07, 6.45) is 0.893. The van der Waals surface area contributed by atoms with E-state index in [-0.39, 0.29) is 0 Å². The van der Waals surface area contributed by atoms with Gasteiger partial charge in [-0.3, -0.25) is 4.79 Å². The van der Waals surface area contributed by atoms with E-state index in [1.165, 1.54) is 5.56 Å². The second-order valence-corrected chi connectivity index (χ2v) is 4.36. The molecular weight excluding hydrogens is 228 g/mol. The van der Waals surface area contributed by atoms with Crippen molar-refractivity contribution in [1.29, 1.82) is 0 Å². The standard InChI is InChI=1S/C11H13BrO/c1-7(2)10-4-8(3)9(6-13)5-11(10)12/h4-7H,1-3H3. The van der Waals surface area contributed by atoms with Crippen molar-refractivity contribution in [2.24, 2.45) is 0 Å². The van der Waals surface area contributed by atoms with Crippen LogP contribution in [-0.2, 0) is 0 Å². The monoisotopic (exact) mass is 240 g/mol. The summed E-state index contributed by atoms with van der Waals surface area (Å²) in [5, 5.41) is 0. The summed E-state index contributed by atoms with van der Waals surface area (Å²) in [5.74, 6) is 0.480. The smallest absolute Gasteiger partial charge is 0.150 e. The lowest BCUT2D eigenvalue weighted by atomic mass is 9.98.